The van der Waals surface area contributed by atoms with E-state index < -0.39 is 30.2 Å². The van der Waals surface area contributed by atoms with Gasteiger partial charge in [0.2, 0.25) is 6.29 Å². The van der Waals surface area contributed by atoms with Crippen LogP contribution in [0.3, 0.4) is 0 Å². The number of aliphatic hydroxyl groups excluding tert-OH is 3. The summed E-state index contributed by atoms with van der Waals surface area (Å²) in [7, 11) is 0. The number of hydrogen-bond donors (Lipinski definition) is 4. The molecular weight excluding hydrogens is 296 g/mol. The third kappa shape index (κ3) is 2.64. The molecule has 4 N–H and O–H groups in total. The molecular formula is C14H14O8. The minimum atomic E-state index is -1.48. The van der Waals surface area contributed by atoms with Gasteiger partial charge in [0.1, 0.15) is 23.9 Å². The maximum absolute atomic E-state index is 11.1. The van der Waals surface area contributed by atoms with Crippen molar-refractivity contribution < 1.29 is 34.3 Å². The Kier molecular flexibility index (Phi) is 3.75. The van der Waals surface area contributed by atoms with E-state index in [1.54, 1.807) is 0 Å². The second-order valence-electron chi connectivity index (χ2n) is 4.98. The van der Waals surface area contributed by atoms with E-state index in [1.807, 2.05) is 0 Å². The Balaban J connectivity index is 1.89. The summed E-state index contributed by atoms with van der Waals surface area (Å²) < 4.78 is 15.4. The van der Waals surface area contributed by atoms with E-state index in [0.29, 0.717) is 5.39 Å². The van der Waals surface area contributed by atoms with Gasteiger partial charge in [-0.2, -0.15) is 0 Å². The van der Waals surface area contributed by atoms with Crippen molar-refractivity contribution in [2.75, 3.05) is 6.61 Å². The SMILES string of the molecule is O=c1ccc2cc(OC3OCC(O)C(O)C3O)c(O)cc2o1. The summed E-state index contributed by atoms with van der Waals surface area (Å²) in [6, 6.07) is 5.31. The molecule has 1 saturated heterocycles. The van der Waals surface area contributed by atoms with Crippen molar-refractivity contribution in [2.45, 2.75) is 24.6 Å². The van der Waals surface area contributed by atoms with Crippen molar-refractivity contribution >= 4 is 11.0 Å². The third-order valence-corrected chi connectivity index (χ3v) is 3.40. The van der Waals surface area contributed by atoms with Gasteiger partial charge >= 0.3 is 5.63 Å². The van der Waals surface area contributed by atoms with Gasteiger partial charge in [0.25, 0.3) is 0 Å². The second kappa shape index (κ2) is 5.58. The van der Waals surface area contributed by atoms with Crippen molar-refractivity contribution in [3.63, 3.8) is 0 Å². The molecule has 4 unspecified atom stereocenters. The average Bonchev–Trinajstić information content (AvgIpc) is 2.48. The molecule has 0 aliphatic carbocycles. The van der Waals surface area contributed by atoms with Gasteiger partial charge in [-0.3, -0.25) is 0 Å². The molecule has 1 aliphatic heterocycles. The van der Waals surface area contributed by atoms with Crippen molar-refractivity contribution in [1.82, 2.24) is 0 Å². The van der Waals surface area contributed by atoms with E-state index >= 15 is 0 Å². The van der Waals surface area contributed by atoms with Gasteiger partial charge in [-0.05, 0) is 12.1 Å². The van der Waals surface area contributed by atoms with Gasteiger partial charge < -0.3 is 34.3 Å². The first kappa shape index (κ1) is 14.8. The number of benzene rings is 1. The zero-order chi connectivity index (χ0) is 15.9. The lowest BCUT2D eigenvalue weighted by atomic mass is 10.1. The molecule has 3 rings (SSSR count). The fraction of sp³-hybridized carbons (Fsp3) is 0.357. The predicted molar refractivity (Wildman–Crippen MR) is 72.5 cm³/mol. The summed E-state index contributed by atoms with van der Waals surface area (Å²) in [4.78, 5) is 11.1. The Morgan fingerprint density at radius 3 is 2.68 bits per heavy atom. The standard InChI is InChI=1S/C14H14O8/c15-7-4-9-6(1-2-11(17)21-9)3-10(7)22-14-13(19)12(18)8(16)5-20-14/h1-4,8,12-16,18-19H,5H2. The summed E-state index contributed by atoms with van der Waals surface area (Å²) in [5.41, 5.74) is -0.373. The first-order valence-electron chi connectivity index (χ1n) is 6.55. The van der Waals surface area contributed by atoms with Gasteiger partial charge in [-0.25, -0.2) is 4.79 Å². The normalized spacial score (nSPS) is 28.7. The number of phenolic OH excluding ortho intramolecular Hbond substituents is 1. The summed E-state index contributed by atoms with van der Waals surface area (Å²) in [6.07, 6.45) is -5.36. The number of phenols is 1. The fourth-order valence-electron chi connectivity index (χ4n) is 2.19. The van der Waals surface area contributed by atoms with Gasteiger partial charge in [-0.15, -0.1) is 0 Å². The number of aromatic hydroxyl groups is 1. The van der Waals surface area contributed by atoms with Crippen LogP contribution in [0.15, 0.2) is 33.5 Å². The molecule has 2 aromatic rings. The topological polar surface area (TPSA) is 130 Å². The molecule has 0 radical (unpaired) electrons. The Morgan fingerprint density at radius 1 is 1.14 bits per heavy atom. The van der Waals surface area contributed by atoms with Crippen LogP contribution < -0.4 is 10.4 Å². The monoisotopic (exact) mass is 310 g/mol. The van der Waals surface area contributed by atoms with E-state index in [0.717, 1.165) is 0 Å². The van der Waals surface area contributed by atoms with Crippen LogP contribution in [0.25, 0.3) is 11.0 Å². The highest BCUT2D eigenvalue weighted by molar-refractivity contribution is 5.80. The smallest absolute Gasteiger partial charge is 0.336 e. The maximum Gasteiger partial charge on any atom is 0.336 e. The highest BCUT2D eigenvalue weighted by Crippen LogP contribution is 2.33. The molecule has 1 aromatic heterocycles. The van der Waals surface area contributed by atoms with E-state index in [4.69, 9.17) is 13.9 Å². The van der Waals surface area contributed by atoms with Crippen LogP contribution in [0.4, 0.5) is 0 Å². The molecule has 0 saturated carbocycles. The van der Waals surface area contributed by atoms with Gasteiger partial charge in [0, 0.05) is 17.5 Å². The van der Waals surface area contributed by atoms with Crippen LogP contribution in [0.5, 0.6) is 11.5 Å². The van der Waals surface area contributed by atoms with E-state index in [1.165, 1.54) is 24.3 Å². The van der Waals surface area contributed by atoms with Crippen LogP contribution in [0.1, 0.15) is 0 Å². The number of rotatable bonds is 2. The van der Waals surface area contributed by atoms with Gasteiger partial charge in [0.15, 0.2) is 11.5 Å². The zero-order valence-corrected chi connectivity index (χ0v) is 11.2. The van der Waals surface area contributed by atoms with Gasteiger partial charge in [0.05, 0.1) is 6.61 Å². The maximum atomic E-state index is 11.1. The molecule has 0 amide bonds. The molecule has 1 fully saturated rings. The van der Waals surface area contributed by atoms with Crippen molar-refractivity contribution in [1.29, 1.82) is 0 Å². The Morgan fingerprint density at radius 2 is 1.91 bits per heavy atom. The number of ether oxygens (including phenoxy) is 2. The zero-order valence-electron chi connectivity index (χ0n) is 11.2. The molecule has 8 heteroatoms. The van der Waals surface area contributed by atoms with Crippen molar-refractivity contribution in [3.8, 4) is 11.5 Å². The van der Waals surface area contributed by atoms with Gasteiger partial charge in [-0.1, -0.05) is 0 Å². The molecule has 1 aromatic carbocycles. The number of fused-ring (bicyclic) bond motifs is 1. The first-order chi connectivity index (χ1) is 10.5. The van der Waals surface area contributed by atoms with Crippen LogP contribution in [0.2, 0.25) is 0 Å². The number of hydrogen-bond acceptors (Lipinski definition) is 8. The lowest BCUT2D eigenvalue weighted by Gasteiger charge is -2.35. The third-order valence-electron chi connectivity index (χ3n) is 3.40. The van der Waals surface area contributed by atoms with Crippen LogP contribution in [-0.2, 0) is 4.74 Å². The van der Waals surface area contributed by atoms with Crippen molar-refractivity contribution in [2.24, 2.45) is 0 Å². The quantitative estimate of drug-likeness (QED) is 0.537. The van der Waals surface area contributed by atoms with Crippen LogP contribution in [-0.4, -0.2) is 51.6 Å². The van der Waals surface area contributed by atoms with Crippen LogP contribution >= 0.6 is 0 Å². The van der Waals surface area contributed by atoms with E-state index in [2.05, 4.69) is 0 Å². The molecule has 0 spiro atoms. The summed E-state index contributed by atoms with van der Waals surface area (Å²) in [5.74, 6) is -0.341. The summed E-state index contributed by atoms with van der Waals surface area (Å²) >= 11 is 0. The Bertz CT molecular complexity index is 739. The summed E-state index contributed by atoms with van der Waals surface area (Å²) in [6.45, 7) is -0.216. The average molecular weight is 310 g/mol. The predicted octanol–water partition coefficient (Wildman–Crippen LogP) is -0.684. The van der Waals surface area contributed by atoms with Crippen molar-refractivity contribution in [3.05, 3.63) is 34.7 Å². The van der Waals surface area contributed by atoms with E-state index in [-0.39, 0.29) is 23.7 Å². The lowest BCUT2D eigenvalue weighted by Crippen LogP contribution is -2.54. The first-order valence-corrected chi connectivity index (χ1v) is 6.55. The molecule has 22 heavy (non-hydrogen) atoms. The highest BCUT2D eigenvalue weighted by atomic mass is 16.7. The Labute approximate surface area is 123 Å². The fourth-order valence-corrected chi connectivity index (χ4v) is 2.19. The van der Waals surface area contributed by atoms with Crippen LogP contribution in [0, 0.1) is 0 Å². The minimum absolute atomic E-state index is 0.0195. The van der Waals surface area contributed by atoms with E-state index in [9.17, 15) is 25.2 Å². The molecule has 1 aliphatic rings. The lowest BCUT2D eigenvalue weighted by molar-refractivity contribution is -0.242. The molecule has 118 valence electrons. The highest BCUT2D eigenvalue weighted by Gasteiger charge is 2.39. The summed E-state index contributed by atoms with van der Waals surface area (Å²) in [5, 5.41) is 39.2. The molecule has 2 heterocycles. The Hall–Kier alpha value is -2.13. The largest absolute Gasteiger partial charge is 0.504 e. The molecule has 8 nitrogen and oxygen atoms in total. The molecule has 4 atom stereocenters. The minimum Gasteiger partial charge on any atom is -0.504 e. The second-order valence-corrected chi connectivity index (χ2v) is 4.98. The number of aliphatic hydroxyl groups is 3. The molecule has 0 bridgehead atoms.